The van der Waals surface area contributed by atoms with Crippen molar-refractivity contribution in [3.63, 3.8) is 0 Å². The number of carbonyl (C=O) groups excluding carboxylic acids is 2. The number of carbonyl (C=O) groups is 2. The number of hydrogen-bond donors (Lipinski definition) is 1. The average molecular weight is 330 g/mol. The zero-order valence-electron chi connectivity index (χ0n) is 13.4. The highest BCUT2D eigenvalue weighted by atomic mass is 32.2. The van der Waals surface area contributed by atoms with Gasteiger partial charge in [-0.2, -0.15) is 0 Å². The highest BCUT2D eigenvalue weighted by Gasteiger charge is 2.40. The second kappa shape index (κ2) is 6.40. The molecule has 1 saturated heterocycles. The smallest absolute Gasteiger partial charge is 0.293 e. The van der Waals surface area contributed by atoms with E-state index in [4.69, 9.17) is 5.73 Å². The summed E-state index contributed by atoms with van der Waals surface area (Å²) in [6.07, 6.45) is 7.58. The highest BCUT2D eigenvalue weighted by Crippen LogP contribution is 2.40. The van der Waals surface area contributed by atoms with E-state index in [1.54, 1.807) is 18.2 Å². The second-order valence-corrected chi connectivity index (χ2v) is 7.80. The fourth-order valence-electron chi connectivity index (χ4n) is 3.33. The Bertz CT molecular complexity index is 645. The van der Waals surface area contributed by atoms with Crippen molar-refractivity contribution < 1.29 is 9.59 Å². The molecule has 1 saturated carbocycles. The van der Waals surface area contributed by atoms with Gasteiger partial charge in [-0.3, -0.25) is 14.5 Å². The zero-order chi connectivity index (χ0) is 16.4. The fraction of sp³-hybridized carbons (Fsp3) is 0.444. The number of thioether (sulfide) groups is 1. The Labute approximate surface area is 141 Å². The number of nitrogens with zero attached hydrogens (tertiary/aromatic N) is 1. The van der Waals surface area contributed by atoms with Gasteiger partial charge in [0.2, 0.25) is 0 Å². The molecule has 1 aromatic carbocycles. The fourth-order valence-corrected chi connectivity index (χ4v) is 4.16. The van der Waals surface area contributed by atoms with E-state index in [-0.39, 0.29) is 16.6 Å². The van der Waals surface area contributed by atoms with Gasteiger partial charge in [0.05, 0.1) is 4.91 Å². The van der Waals surface area contributed by atoms with Crippen molar-refractivity contribution in [1.29, 1.82) is 0 Å². The summed E-state index contributed by atoms with van der Waals surface area (Å²) in [6, 6.07) is 7.29. The molecule has 2 amide bonds. The van der Waals surface area contributed by atoms with Crippen molar-refractivity contribution in [3.05, 3.63) is 34.7 Å². The average Bonchev–Trinajstić information content (AvgIpc) is 2.78. The molecule has 0 bridgehead atoms. The normalized spacial score (nSPS) is 22.8. The quantitative estimate of drug-likeness (QED) is 0.664. The van der Waals surface area contributed by atoms with Crippen LogP contribution < -0.4 is 5.73 Å². The third-order valence-electron chi connectivity index (χ3n) is 4.71. The number of nitrogens with two attached hydrogens (primary N) is 1. The molecule has 23 heavy (non-hydrogen) atoms. The molecule has 0 aromatic heterocycles. The predicted molar refractivity (Wildman–Crippen MR) is 94.7 cm³/mol. The SMILES string of the molecule is CC1(CN2C(=O)S/C(=C\c3ccc(N)cc3)C2=O)CCCCC1. The van der Waals surface area contributed by atoms with E-state index in [1.165, 1.54) is 24.2 Å². The van der Waals surface area contributed by atoms with Crippen LogP contribution in [0.2, 0.25) is 0 Å². The number of benzene rings is 1. The molecule has 1 aliphatic heterocycles. The number of anilines is 1. The van der Waals surface area contributed by atoms with Gasteiger partial charge in [-0.05, 0) is 53.8 Å². The molecule has 0 spiro atoms. The summed E-state index contributed by atoms with van der Waals surface area (Å²) in [4.78, 5) is 26.8. The summed E-state index contributed by atoms with van der Waals surface area (Å²) in [6.45, 7) is 2.73. The van der Waals surface area contributed by atoms with Crippen LogP contribution >= 0.6 is 11.8 Å². The zero-order valence-corrected chi connectivity index (χ0v) is 14.2. The van der Waals surface area contributed by atoms with Crippen LogP contribution in [0.4, 0.5) is 10.5 Å². The largest absolute Gasteiger partial charge is 0.399 e. The molecular formula is C18H22N2O2S. The lowest BCUT2D eigenvalue weighted by atomic mass is 9.75. The first kappa shape index (κ1) is 16.1. The Hall–Kier alpha value is -1.75. The predicted octanol–water partition coefficient (Wildman–Crippen LogP) is 4.28. The molecule has 2 fully saturated rings. The molecule has 122 valence electrons. The van der Waals surface area contributed by atoms with Gasteiger partial charge in [0, 0.05) is 12.2 Å². The van der Waals surface area contributed by atoms with Crippen molar-refractivity contribution in [2.45, 2.75) is 39.0 Å². The van der Waals surface area contributed by atoms with Crippen LogP contribution in [0, 0.1) is 5.41 Å². The Balaban J connectivity index is 1.75. The van der Waals surface area contributed by atoms with Gasteiger partial charge in [0.25, 0.3) is 11.1 Å². The first-order chi connectivity index (χ1) is 11.0. The lowest BCUT2D eigenvalue weighted by molar-refractivity contribution is -0.124. The van der Waals surface area contributed by atoms with Crippen LogP contribution in [-0.4, -0.2) is 22.6 Å². The Morgan fingerprint density at radius 3 is 2.48 bits per heavy atom. The summed E-state index contributed by atoms with van der Waals surface area (Å²) in [5.41, 5.74) is 7.30. The van der Waals surface area contributed by atoms with Crippen LogP contribution in [0.5, 0.6) is 0 Å². The minimum atomic E-state index is -0.163. The monoisotopic (exact) mass is 330 g/mol. The maximum Gasteiger partial charge on any atom is 0.293 e. The standard InChI is InChI=1S/C18H22N2O2S/c1-18(9-3-2-4-10-18)12-20-16(21)15(23-17(20)22)11-13-5-7-14(19)8-6-13/h5-8,11H,2-4,9-10,12,19H2,1H3/b15-11-. The Morgan fingerprint density at radius 1 is 1.17 bits per heavy atom. The van der Waals surface area contributed by atoms with Gasteiger partial charge < -0.3 is 5.73 Å². The van der Waals surface area contributed by atoms with Gasteiger partial charge in [-0.15, -0.1) is 0 Å². The van der Waals surface area contributed by atoms with Crippen molar-refractivity contribution in [3.8, 4) is 0 Å². The molecule has 0 unspecified atom stereocenters. The number of amides is 2. The summed E-state index contributed by atoms with van der Waals surface area (Å²) >= 11 is 1.04. The first-order valence-electron chi connectivity index (χ1n) is 8.08. The van der Waals surface area contributed by atoms with Crippen LogP contribution in [0.3, 0.4) is 0 Å². The first-order valence-corrected chi connectivity index (χ1v) is 8.89. The molecule has 0 radical (unpaired) electrons. The number of rotatable bonds is 3. The number of hydrogen-bond acceptors (Lipinski definition) is 4. The van der Waals surface area contributed by atoms with Gasteiger partial charge in [-0.1, -0.05) is 38.3 Å². The van der Waals surface area contributed by atoms with Crippen molar-refractivity contribution in [2.75, 3.05) is 12.3 Å². The van der Waals surface area contributed by atoms with E-state index in [0.29, 0.717) is 17.1 Å². The molecule has 1 aromatic rings. The van der Waals surface area contributed by atoms with Crippen LogP contribution in [-0.2, 0) is 4.79 Å². The third kappa shape index (κ3) is 3.61. The highest BCUT2D eigenvalue weighted by molar-refractivity contribution is 8.18. The molecular weight excluding hydrogens is 308 g/mol. The van der Waals surface area contributed by atoms with Gasteiger partial charge >= 0.3 is 0 Å². The minimum absolute atomic E-state index is 0.0702. The number of imide groups is 1. The maximum absolute atomic E-state index is 12.6. The van der Waals surface area contributed by atoms with Crippen LogP contribution in [0.25, 0.3) is 6.08 Å². The van der Waals surface area contributed by atoms with E-state index in [9.17, 15) is 9.59 Å². The molecule has 1 aliphatic carbocycles. The van der Waals surface area contributed by atoms with E-state index < -0.39 is 0 Å². The summed E-state index contributed by atoms with van der Waals surface area (Å²) < 4.78 is 0. The summed E-state index contributed by atoms with van der Waals surface area (Å²) in [5.74, 6) is -0.163. The lowest BCUT2D eigenvalue weighted by Crippen LogP contribution is -2.39. The van der Waals surface area contributed by atoms with Crippen LogP contribution in [0.15, 0.2) is 29.2 Å². The molecule has 0 atom stereocenters. The lowest BCUT2D eigenvalue weighted by Gasteiger charge is -2.35. The molecule has 1 heterocycles. The van der Waals surface area contributed by atoms with Gasteiger partial charge in [0.15, 0.2) is 0 Å². The minimum Gasteiger partial charge on any atom is -0.399 e. The van der Waals surface area contributed by atoms with Gasteiger partial charge in [0.1, 0.15) is 0 Å². The van der Waals surface area contributed by atoms with E-state index in [0.717, 1.165) is 30.2 Å². The van der Waals surface area contributed by atoms with Gasteiger partial charge in [-0.25, -0.2) is 0 Å². The Kier molecular flexibility index (Phi) is 4.48. The van der Waals surface area contributed by atoms with E-state index >= 15 is 0 Å². The Morgan fingerprint density at radius 2 is 1.83 bits per heavy atom. The van der Waals surface area contributed by atoms with E-state index in [1.807, 2.05) is 12.1 Å². The summed E-state index contributed by atoms with van der Waals surface area (Å²) in [5, 5.41) is -0.150. The topological polar surface area (TPSA) is 63.4 Å². The molecule has 2 N–H and O–H groups in total. The van der Waals surface area contributed by atoms with Crippen molar-refractivity contribution in [2.24, 2.45) is 5.41 Å². The molecule has 2 aliphatic rings. The maximum atomic E-state index is 12.6. The van der Waals surface area contributed by atoms with Crippen LogP contribution in [0.1, 0.15) is 44.6 Å². The summed E-state index contributed by atoms with van der Waals surface area (Å²) in [7, 11) is 0. The molecule has 3 rings (SSSR count). The van der Waals surface area contributed by atoms with Crippen molar-refractivity contribution >= 4 is 34.7 Å². The molecule has 4 nitrogen and oxygen atoms in total. The number of nitrogen functional groups attached to an aromatic ring is 1. The molecule has 5 heteroatoms. The van der Waals surface area contributed by atoms with Crippen molar-refractivity contribution in [1.82, 2.24) is 4.90 Å². The third-order valence-corrected chi connectivity index (χ3v) is 5.62. The second-order valence-electron chi connectivity index (χ2n) is 6.81. The van der Waals surface area contributed by atoms with E-state index in [2.05, 4.69) is 6.92 Å².